The summed E-state index contributed by atoms with van der Waals surface area (Å²) in [6.07, 6.45) is 5.38. The average Bonchev–Trinajstić information content (AvgIpc) is 2.76. The summed E-state index contributed by atoms with van der Waals surface area (Å²) in [5, 5.41) is 15.5. The molecular formula is C14H27N5. The molecule has 19 heavy (non-hydrogen) atoms. The fourth-order valence-corrected chi connectivity index (χ4v) is 2.93. The first-order valence-electron chi connectivity index (χ1n) is 7.61. The second kappa shape index (κ2) is 6.98. The second-order valence-corrected chi connectivity index (χ2v) is 6.44. The van der Waals surface area contributed by atoms with Gasteiger partial charge in [0, 0.05) is 6.54 Å². The quantitative estimate of drug-likeness (QED) is 0.857. The molecule has 5 heteroatoms. The summed E-state index contributed by atoms with van der Waals surface area (Å²) in [4.78, 5) is 0. The molecule has 0 aromatic carbocycles. The largest absolute Gasteiger partial charge is 0.310 e. The molecule has 108 valence electrons. The predicted molar refractivity (Wildman–Crippen MR) is 75.5 cm³/mol. The lowest BCUT2D eigenvalue weighted by atomic mass is 9.82. The molecule has 0 amide bonds. The van der Waals surface area contributed by atoms with E-state index >= 15 is 0 Å². The van der Waals surface area contributed by atoms with Crippen LogP contribution in [0.3, 0.4) is 0 Å². The van der Waals surface area contributed by atoms with Gasteiger partial charge in [-0.2, -0.15) is 0 Å². The second-order valence-electron chi connectivity index (χ2n) is 6.44. The highest BCUT2D eigenvalue weighted by molar-refractivity contribution is 4.82. The zero-order valence-electron chi connectivity index (χ0n) is 12.5. The van der Waals surface area contributed by atoms with E-state index in [1.165, 1.54) is 25.7 Å². The summed E-state index contributed by atoms with van der Waals surface area (Å²) in [7, 11) is 0. The number of rotatable bonds is 6. The van der Waals surface area contributed by atoms with E-state index in [0.29, 0.717) is 5.92 Å². The summed E-state index contributed by atoms with van der Waals surface area (Å²) in [6, 6.07) is 0. The Labute approximate surface area is 116 Å². The molecule has 1 fully saturated rings. The number of aromatic nitrogens is 4. The molecule has 1 heterocycles. The van der Waals surface area contributed by atoms with Crippen molar-refractivity contribution in [3.63, 3.8) is 0 Å². The Morgan fingerprint density at radius 3 is 2.95 bits per heavy atom. The van der Waals surface area contributed by atoms with Crippen LogP contribution in [0.1, 0.15) is 52.3 Å². The van der Waals surface area contributed by atoms with Crippen molar-refractivity contribution in [2.24, 2.45) is 17.8 Å². The fraction of sp³-hybridized carbons (Fsp3) is 0.929. The smallest absolute Gasteiger partial charge is 0.165 e. The Morgan fingerprint density at radius 2 is 2.21 bits per heavy atom. The first-order valence-corrected chi connectivity index (χ1v) is 7.61. The highest BCUT2D eigenvalue weighted by Gasteiger charge is 2.20. The average molecular weight is 265 g/mol. The minimum absolute atomic E-state index is 0.656. The van der Waals surface area contributed by atoms with Crippen molar-refractivity contribution < 1.29 is 0 Å². The predicted octanol–water partition coefficient (Wildman–Crippen LogP) is 2.24. The molecule has 0 bridgehead atoms. The van der Waals surface area contributed by atoms with E-state index in [2.05, 4.69) is 41.6 Å². The van der Waals surface area contributed by atoms with Crippen LogP contribution >= 0.6 is 0 Å². The zero-order chi connectivity index (χ0) is 13.7. The molecule has 5 nitrogen and oxygen atoms in total. The van der Waals surface area contributed by atoms with Gasteiger partial charge in [-0.05, 0) is 47.6 Å². The maximum atomic E-state index is 4.15. The number of hydrogen-bond donors (Lipinski definition) is 1. The molecule has 0 aliphatic heterocycles. The van der Waals surface area contributed by atoms with E-state index in [-0.39, 0.29) is 0 Å². The summed E-state index contributed by atoms with van der Waals surface area (Å²) in [6.45, 7) is 9.53. The van der Waals surface area contributed by atoms with E-state index in [0.717, 1.165) is 37.3 Å². The molecule has 1 saturated carbocycles. The molecule has 0 spiro atoms. The maximum absolute atomic E-state index is 4.15. The van der Waals surface area contributed by atoms with Crippen LogP contribution in [-0.4, -0.2) is 26.8 Å². The third kappa shape index (κ3) is 4.56. The zero-order valence-corrected chi connectivity index (χ0v) is 12.5. The third-order valence-corrected chi connectivity index (χ3v) is 3.92. The standard InChI is InChI=1S/C14H27N5/c1-11(2)8-15-9-14-16-17-18-19(14)10-13-6-4-5-12(3)7-13/h11-13,15H,4-10H2,1-3H3. The van der Waals surface area contributed by atoms with Gasteiger partial charge in [-0.1, -0.05) is 33.6 Å². The summed E-state index contributed by atoms with van der Waals surface area (Å²) in [5.74, 6) is 3.23. The molecule has 1 aliphatic carbocycles. The summed E-state index contributed by atoms with van der Waals surface area (Å²) in [5.41, 5.74) is 0. The van der Waals surface area contributed by atoms with Gasteiger partial charge in [0.15, 0.2) is 5.82 Å². The maximum Gasteiger partial charge on any atom is 0.165 e. The summed E-state index contributed by atoms with van der Waals surface area (Å²) < 4.78 is 2.00. The van der Waals surface area contributed by atoms with Gasteiger partial charge < -0.3 is 5.32 Å². The first-order chi connectivity index (χ1) is 9.15. The number of tetrazole rings is 1. The lowest BCUT2D eigenvalue weighted by Gasteiger charge is -2.26. The van der Waals surface area contributed by atoms with Crippen molar-refractivity contribution in [2.45, 2.75) is 59.5 Å². The Morgan fingerprint density at radius 1 is 1.37 bits per heavy atom. The molecule has 1 N–H and O–H groups in total. The Kier molecular flexibility index (Phi) is 5.31. The topological polar surface area (TPSA) is 55.6 Å². The minimum atomic E-state index is 0.656. The van der Waals surface area contributed by atoms with Gasteiger partial charge in [0.05, 0.1) is 6.54 Å². The fourth-order valence-electron chi connectivity index (χ4n) is 2.93. The third-order valence-electron chi connectivity index (χ3n) is 3.92. The van der Waals surface area contributed by atoms with E-state index in [1.54, 1.807) is 0 Å². The molecule has 2 rings (SSSR count). The van der Waals surface area contributed by atoms with Gasteiger partial charge >= 0.3 is 0 Å². The molecule has 1 aliphatic rings. The first kappa shape index (κ1) is 14.4. The minimum Gasteiger partial charge on any atom is -0.310 e. The lowest BCUT2D eigenvalue weighted by molar-refractivity contribution is 0.246. The molecule has 2 unspecified atom stereocenters. The van der Waals surface area contributed by atoms with Crippen LogP contribution in [0.4, 0.5) is 0 Å². The van der Waals surface area contributed by atoms with Gasteiger partial charge in [0.1, 0.15) is 0 Å². The van der Waals surface area contributed by atoms with Gasteiger partial charge in [-0.3, -0.25) is 0 Å². The molecule has 0 radical (unpaired) electrons. The van der Waals surface area contributed by atoms with Crippen LogP contribution in [0.5, 0.6) is 0 Å². The summed E-state index contributed by atoms with van der Waals surface area (Å²) >= 11 is 0. The van der Waals surface area contributed by atoms with Crippen LogP contribution in [0.25, 0.3) is 0 Å². The Bertz CT molecular complexity index is 374. The van der Waals surface area contributed by atoms with Crippen molar-refractivity contribution in [3.8, 4) is 0 Å². The lowest BCUT2D eigenvalue weighted by Crippen LogP contribution is -2.24. The van der Waals surface area contributed by atoms with Crippen molar-refractivity contribution >= 4 is 0 Å². The molecule has 0 saturated heterocycles. The van der Waals surface area contributed by atoms with Crippen LogP contribution < -0.4 is 5.32 Å². The van der Waals surface area contributed by atoms with Gasteiger partial charge in [0.25, 0.3) is 0 Å². The monoisotopic (exact) mass is 265 g/mol. The highest BCUT2D eigenvalue weighted by Crippen LogP contribution is 2.29. The van der Waals surface area contributed by atoms with E-state index in [4.69, 9.17) is 0 Å². The van der Waals surface area contributed by atoms with Crippen molar-refractivity contribution in [3.05, 3.63) is 5.82 Å². The van der Waals surface area contributed by atoms with Gasteiger partial charge in [-0.25, -0.2) is 4.68 Å². The molecule has 1 aromatic rings. The van der Waals surface area contributed by atoms with E-state index < -0.39 is 0 Å². The Balaban J connectivity index is 1.84. The highest BCUT2D eigenvalue weighted by atomic mass is 15.5. The van der Waals surface area contributed by atoms with Crippen molar-refractivity contribution in [1.29, 1.82) is 0 Å². The van der Waals surface area contributed by atoms with Gasteiger partial charge in [-0.15, -0.1) is 5.10 Å². The van der Waals surface area contributed by atoms with Crippen LogP contribution in [0, 0.1) is 17.8 Å². The molecule has 2 atom stereocenters. The Hall–Kier alpha value is -0.970. The molecular weight excluding hydrogens is 238 g/mol. The van der Waals surface area contributed by atoms with Crippen LogP contribution in [0.2, 0.25) is 0 Å². The van der Waals surface area contributed by atoms with Crippen molar-refractivity contribution in [2.75, 3.05) is 6.54 Å². The van der Waals surface area contributed by atoms with E-state index in [9.17, 15) is 0 Å². The number of nitrogens with one attached hydrogen (secondary N) is 1. The van der Waals surface area contributed by atoms with Gasteiger partial charge in [0.2, 0.25) is 0 Å². The number of hydrogen-bond acceptors (Lipinski definition) is 4. The number of nitrogens with zero attached hydrogens (tertiary/aromatic N) is 4. The molecule has 1 aromatic heterocycles. The van der Waals surface area contributed by atoms with Crippen molar-refractivity contribution in [1.82, 2.24) is 25.5 Å². The van der Waals surface area contributed by atoms with E-state index in [1.807, 2.05) is 4.68 Å². The van der Waals surface area contributed by atoms with Crippen LogP contribution in [-0.2, 0) is 13.1 Å². The SMILES string of the molecule is CC(C)CNCc1nnnn1CC1CCCC(C)C1. The normalized spacial score (nSPS) is 24.0. The van der Waals surface area contributed by atoms with Crippen LogP contribution in [0.15, 0.2) is 0 Å².